The van der Waals surface area contributed by atoms with E-state index in [-0.39, 0.29) is 5.75 Å². The Hall–Kier alpha value is -1.48. The summed E-state index contributed by atoms with van der Waals surface area (Å²) in [5, 5.41) is 9.14. The number of thioether (sulfide) groups is 1. The van der Waals surface area contributed by atoms with Crippen LogP contribution in [0.1, 0.15) is 0 Å². The van der Waals surface area contributed by atoms with Crippen LogP contribution < -0.4 is 0 Å². The van der Waals surface area contributed by atoms with Gasteiger partial charge in [0.2, 0.25) is 0 Å². The van der Waals surface area contributed by atoms with Crippen LogP contribution >= 0.6 is 11.8 Å². The smallest absolute Gasteiger partial charge is 0.133 e. The lowest BCUT2D eigenvalue weighted by Crippen LogP contribution is -1.82. The van der Waals surface area contributed by atoms with Crippen LogP contribution in [0.4, 0.5) is 0 Å². The van der Waals surface area contributed by atoms with Gasteiger partial charge >= 0.3 is 0 Å². The maximum atomic E-state index is 9.14. The Balaban J connectivity index is 2.40. The third kappa shape index (κ3) is 2.30. The molecule has 1 heterocycles. The molecule has 0 aliphatic rings. The molecule has 1 aromatic carbocycles. The van der Waals surface area contributed by atoms with E-state index in [2.05, 4.69) is 17.1 Å². The molecular weight excluding hydrogens is 206 g/mol. The second-order valence-corrected chi connectivity index (χ2v) is 4.01. The molecule has 1 N–H and O–H groups in total. The Morgan fingerprint density at radius 1 is 1.20 bits per heavy atom. The molecule has 2 rings (SSSR count). The molecule has 0 saturated carbocycles. The van der Waals surface area contributed by atoms with Crippen molar-refractivity contribution in [3.8, 4) is 17.0 Å². The van der Waals surface area contributed by atoms with Crippen molar-refractivity contribution in [2.75, 3.05) is 6.26 Å². The summed E-state index contributed by atoms with van der Waals surface area (Å²) in [5.41, 5.74) is 1.95. The Morgan fingerprint density at radius 2 is 2.07 bits per heavy atom. The lowest BCUT2D eigenvalue weighted by atomic mass is 10.1. The van der Waals surface area contributed by atoms with E-state index in [1.807, 2.05) is 24.5 Å². The van der Waals surface area contributed by atoms with E-state index < -0.39 is 0 Å². The number of hydrogen-bond donors (Lipinski definition) is 1. The van der Waals surface area contributed by atoms with Gasteiger partial charge in [-0.2, -0.15) is 0 Å². The molecule has 0 bridgehead atoms. The number of benzene rings is 1. The van der Waals surface area contributed by atoms with E-state index in [0.717, 1.165) is 11.3 Å². The highest BCUT2D eigenvalue weighted by molar-refractivity contribution is 7.98. The van der Waals surface area contributed by atoms with Crippen molar-refractivity contribution in [3.05, 3.63) is 42.6 Å². The summed E-state index contributed by atoms with van der Waals surface area (Å²) in [5.74, 6) is 0.194. The number of pyridine rings is 1. The SMILES string of the molecule is CSc1cccc(-c2ccc(O)cn2)c1. The predicted molar refractivity (Wildman–Crippen MR) is 63.1 cm³/mol. The number of rotatable bonds is 2. The fourth-order valence-corrected chi connectivity index (χ4v) is 1.80. The topological polar surface area (TPSA) is 33.1 Å². The zero-order valence-electron chi connectivity index (χ0n) is 8.34. The quantitative estimate of drug-likeness (QED) is 0.784. The molecule has 2 nitrogen and oxygen atoms in total. The molecule has 0 fully saturated rings. The summed E-state index contributed by atoms with van der Waals surface area (Å²) in [4.78, 5) is 5.38. The van der Waals surface area contributed by atoms with Crippen LogP contribution in [0.2, 0.25) is 0 Å². The monoisotopic (exact) mass is 217 g/mol. The molecule has 1 aromatic heterocycles. The van der Waals surface area contributed by atoms with E-state index in [0.29, 0.717) is 0 Å². The molecule has 15 heavy (non-hydrogen) atoms. The van der Waals surface area contributed by atoms with Gasteiger partial charge in [0.05, 0.1) is 11.9 Å². The van der Waals surface area contributed by atoms with Crippen molar-refractivity contribution >= 4 is 11.8 Å². The van der Waals surface area contributed by atoms with Gasteiger partial charge in [-0.3, -0.25) is 4.98 Å². The van der Waals surface area contributed by atoms with Crippen LogP contribution in [-0.2, 0) is 0 Å². The molecule has 0 atom stereocenters. The van der Waals surface area contributed by atoms with Crippen LogP contribution in [0.25, 0.3) is 11.3 Å². The van der Waals surface area contributed by atoms with Crippen LogP contribution in [0, 0.1) is 0 Å². The molecular formula is C12H11NOS. The van der Waals surface area contributed by atoms with E-state index in [1.165, 1.54) is 11.1 Å². The van der Waals surface area contributed by atoms with Gasteiger partial charge in [-0.05, 0) is 30.5 Å². The summed E-state index contributed by atoms with van der Waals surface area (Å²) < 4.78 is 0. The highest BCUT2D eigenvalue weighted by Gasteiger charge is 1.99. The predicted octanol–water partition coefficient (Wildman–Crippen LogP) is 3.18. The first-order valence-corrected chi connectivity index (χ1v) is 5.81. The molecule has 0 aliphatic heterocycles. The van der Waals surface area contributed by atoms with Crippen molar-refractivity contribution in [3.63, 3.8) is 0 Å². The molecule has 0 amide bonds. The standard InChI is InChI=1S/C12H11NOS/c1-15-11-4-2-3-9(7-11)12-6-5-10(14)8-13-12/h2-8,14H,1H3. The molecule has 2 aromatic rings. The first kappa shape index (κ1) is 10.1. The maximum Gasteiger partial charge on any atom is 0.133 e. The van der Waals surface area contributed by atoms with Crippen LogP contribution in [0.15, 0.2) is 47.5 Å². The van der Waals surface area contributed by atoms with Gasteiger partial charge in [0.25, 0.3) is 0 Å². The van der Waals surface area contributed by atoms with E-state index in [4.69, 9.17) is 5.11 Å². The van der Waals surface area contributed by atoms with Crippen LogP contribution in [-0.4, -0.2) is 16.3 Å². The lowest BCUT2D eigenvalue weighted by molar-refractivity contribution is 0.473. The van der Waals surface area contributed by atoms with Crippen molar-refractivity contribution in [2.24, 2.45) is 0 Å². The van der Waals surface area contributed by atoms with Gasteiger partial charge in [0.1, 0.15) is 5.75 Å². The first-order valence-electron chi connectivity index (χ1n) is 4.59. The highest BCUT2D eigenvalue weighted by Crippen LogP contribution is 2.23. The van der Waals surface area contributed by atoms with Crippen molar-refractivity contribution in [1.82, 2.24) is 4.98 Å². The second kappa shape index (κ2) is 4.36. The minimum Gasteiger partial charge on any atom is -0.506 e. The van der Waals surface area contributed by atoms with E-state index in [1.54, 1.807) is 17.8 Å². The van der Waals surface area contributed by atoms with Crippen molar-refractivity contribution in [2.45, 2.75) is 4.90 Å². The summed E-state index contributed by atoms with van der Waals surface area (Å²) in [6.07, 6.45) is 3.50. The Morgan fingerprint density at radius 3 is 2.73 bits per heavy atom. The van der Waals surface area contributed by atoms with E-state index in [9.17, 15) is 0 Å². The Bertz CT molecular complexity index is 453. The fourth-order valence-electron chi connectivity index (χ4n) is 1.34. The molecule has 0 saturated heterocycles. The number of hydrogen-bond acceptors (Lipinski definition) is 3. The zero-order valence-corrected chi connectivity index (χ0v) is 9.16. The van der Waals surface area contributed by atoms with Gasteiger partial charge in [-0.25, -0.2) is 0 Å². The van der Waals surface area contributed by atoms with Gasteiger partial charge in [0, 0.05) is 10.5 Å². The molecule has 0 radical (unpaired) electrons. The number of aromatic nitrogens is 1. The van der Waals surface area contributed by atoms with Crippen LogP contribution in [0.5, 0.6) is 5.75 Å². The summed E-state index contributed by atoms with van der Waals surface area (Å²) in [6, 6.07) is 11.6. The molecule has 0 unspecified atom stereocenters. The average Bonchev–Trinajstić information content (AvgIpc) is 2.30. The minimum absolute atomic E-state index is 0.194. The molecule has 3 heteroatoms. The zero-order chi connectivity index (χ0) is 10.7. The summed E-state index contributed by atoms with van der Waals surface area (Å²) >= 11 is 1.70. The first-order chi connectivity index (χ1) is 7.29. The summed E-state index contributed by atoms with van der Waals surface area (Å²) in [6.45, 7) is 0. The Labute approximate surface area is 93.0 Å². The average molecular weight is 217 g/mol. The van der Waals surface area contributed by atoms with Gasteiger partial charge < -0.3 is 5.11 Å². The number of aromatic hydroxyl groups is 1. The fraction of sp³-hybridized carbons (Fsp3) is 0.0833. The highest BCUT2D eigenvalue weighted by atomic mass is 32.2. The largest absolute Gasteiger partial charge is 0.506 e. The number of nitrogens with zero attached hydrogens (tertiary/aromatic N) is 1. The third-order valence-corrected chi connectivity index (χ3v) is 2.84. The van der Waals surface area contributed by atoms with Crippen molar-refractivity contribution < 1.29 is 5.11 Å². The van der Waals surface area contributed by atoms with Crippen molar-refractivity contribution in [1.29, 1.82) is 0 Å². The van der Waals surface area contributed by atoms with Gasteiger partial charge in [0.15, 0.2) is 0 Å². The summed E-state index contributed by atoms with van der Waals surface area (Å²) in [7, 11) is 0. The molecule has 0 spiro atoms. The van der Waals surface area contributed by atoms with Gasteiger partial charge in [-0.1, -0.05) is 12.1 Å². The van der Waals surface area contributed by atoms with Gasteiger partial charge in [-0.15, -0.1) is 11.8 Å². The van der Waals surface area contributed by atoms with Crippen LogP contribution in [0.3, 0.4) is 0 Å². The molecule has 76 valence electrons. The minimum atomic E-state index is 0.194. The second-order valence-electron chi connectivity index (χ2n) is 3.13. The normalized spacial score (nSPS) is 10.2. The third-order valence-electron chi connectivity index (χ3n) is 2.11. The lowest BCUT2D eigenvalue weighted by Gasteiger charge is -2.02. The maximum absolute atomic E-state index is 9.14. The van der Waals surface area contributed by atoms with E-state index >= 15 is 0 Å². The molecule has 0 aliphatic carbocycles. The Kier molecular flexibility index (Phi) is 2.92.